The van der Waals surface area contributed by atoms with E-state index in [1.807, 2.05) is 37.3 Å². The van der Waals surface area contributed by atoms with Crippen LogP contribution in [0.3, 0.4) is 0 Å². The van der Waals surface area contributed by atoms with E-state index in [1.165, 1.54) is 12.0 Å². The second-order valence-electron chi connectivity index (χ2n) is 7.30. The zero-order chi connectivity index (χ0) is 24.0. The molecule has 0 radical (unpaired) electrons. The number of aromatic amines is 1. The van der Waals surface area contributed by atoms with Gasteiger partial charge in [-0.3, -0.25) is 24.0 Å². The predicted molar refractivity (Wildman–Crippen MR) is 127 cm³/mol. The number of ether oxygens (including phenoxy) is 2. The van der Waals surface area contributed by atoms with E-state index < -0.39 is 17.2 Å². The first-order valence-electron chi connectivity index (χ1n) is 10.2. The lowest BCUT2D eigenvalue weighted by atomic mass is 10.2. The number of hydrogen-bond acceptors (Lipinski definition) is 6. The van der Waals surface area contributed by atoms with Crippen molar-refractivity contribution in [3.63, 3.8) is 0 Å². The number of aromatic nitrogens is 2. The highest BCUT2D eigenvalue weighted by Crippen LogP contribution is 2.23. The van der Waals surface area contributed by atoms with Crippen LogP contribution in [0, 0.1) is 6.92 Å². The van der Waals surface area contributed by atoms with Gasteiger partial charge in [0.2, 0.25) is 0 Å². The van der Waals surface area contributed by atoms with Crippen molar-refractivity contribution >= 4 is 29.0 Å². The summed E-state index contributed by atoms with van der Waals surface area (Å²) in [5.41, 5.74) is 6.15. The van der Waals surface area contributed by atoms with Crippen molar-refractivity contribution in [1.29, 1.82) is 0 Å². The normalized spacial score (nSPS) is 10.8. The third kappa shape index (κ3) is 5.82. The minimum atomic E-state index is -0.766. The summed E-state index contributed by atoms with van der Waals surface area (Å²) in [6.45, 7) is 1.81. The van der Waals surface area contributed by atoms with Crippen LogP contribution in [0.25, 0.3) is 0 Å². The summed E-state index contributed by atoms with van der Waals surface area (Å²) in [6, 6.07) is 14.2. The van der Waals surface area contributed by atoms with Crippen LogP contribution in [0.1, 0.15) is 11.1 Å². The molecule has 0 atom stereocenters. The van der Waals surface area contributed by atoms with Gasteiger partial charge in [0.15, 0.2) is 12.3 Å². The second-order valence-corrected chi connectivity index (χ2v) is 7.74. The molecule has 0 aliphatic heterocycles. The highest BCUT2D eigenvalue weighted by molar-refractivity contribution is 6.30. The number of nitrogens with two attached hydrogens (primary N) is 1. The van der Waals surface area contributed by atoms with Gasteiger partial charge in [-0.2, -0.15) is 0 Å². The Balaban J connectivity index is 1.98. The first kappa shape index (κ1) is 24.1. The molecule has 0 saturated heterocycles. The molecule has 33 heavy (non-hydrogen) atoms. The lowest BCUT2D eigenvalue weighted by Crippen LogP contribution is -2.42. The maximum Gasteiger partial charge on any atom is 0.330 e. The minimum Gasteiger partial charge on any atom is -0.483 e. The van der Waals surface area contributed by atoms with Gasteiger partial charge in [-0.1, -0.05) is 41.9 Å². The molecular formula is C23H25ClN4O5. The molecule has 0 aliphatic carbocycles. The van der Waals surface area contributed by atoms with Crippen LogP contribution in [0.5, 0.6) is 5.75 Å². The van der Waals surface area contributed by atoms with Crippen molar-refractivity contribution in [1.82, 2.24) is 9.55 Å². The average Bonchev–Trinajstić information content (AvgIpc) is 2.78. The van der Waals surface area contributed by atoms with E-state index >= 15 is 0 Å². The van der Waals surface area contributed by atoms with Gasteiger partial charge in [0, 0.05) is 12.1 Å². The number of carbonyl (C=O) groups excluding carboxylic acids is 1. The number of benzene rings is 2. The maximum atomic E-state index is 13.3. The van der Waals surface area contributed by atoms with Crippen molar-refractivity contribution in [3.05, 3.63) is 85.5 Å². The van der Waals surface area contributed by atoms with Gasteiger partial charge >= 0.3 is 5.69 Å². The number of aryl methyl sites for hydroxylation is 1. The Kier molecular flexibility index (Phi) is 7.92. The van der Waals surface area contributed by atoms with Crippen molar-refractivity contribution in [2.24, 2.45) is 0 Å². The summed E-state index contributed by atoms with van der Waals surface area (Å²) in [4.78, 5) is 41.8. The first-order valence-corrected chi connectivity index (χ1v) is 10.5. The fourth-order valence-corrected chi connectivity index (χ4v) is 3.52. The highest BCUT2D eigenvalue weighted by atomic mass is 35.5. The van der Waals surface area contributed by atoms with E-state index in [0.717, 1.165) is 15.7 Å². The van der Waals surface area contributed by atoms with Gasteiger partial charge in [0.1, 0.15) is 11.6 Å². The van der Waals surface area contributed by atoms with E-state index in [2.05, 4.69) is 4.98 Å². The molecule has 0 aliphatic rings. The molecule has 3 N–H and O–H groups in total. The third-order valence-electron chi connectivity index (χ3n) is 4.98. The number of H-pyrrole nitrogens is 1. The number of amides is 1. The van der Waals surface area contributed by atoms with Crippen LogP contribution in [-0.2, 0) is 22.6 Å². The molecule has 1 heterocycles. The maximum absolute atomic E-state index is 13.3. The molecule has 1 aromatic heterocycles. The van der Waals surface area contributed by atoms with Crippen molar-refractivity contribution in [3.8, 4) is 5.75 Å². The SMILES string of the molecule is COCCn1c(N)c(N(Cc2ccccc2)C(=O)COc2ccc(Cl)cc2C)c(=O)[nH]c1=O. The van der Waals surface area contributed by atoms with E-state index in [4.69, 9.17) is 26.8 Å². The van der Waals surface area contributed by atoms with Gasteiger partial charge in [-0.15, -0.1) is 0 Å². The molecule has 1 amide bonds. The van der Waals surface area contributed by atoms with E-state index in [0.29, 0.717) is 10.8 Å². The number of hydrogen-bond donors (Lipinski definition) is 2. The smallest absolute Gasteiger partial charge is 0.330 e. The largest absolute Gasteiger partial charge is 0.483 e. The number of methoxy groups -OCH3 is 1. The number of anilines is 2. The van der Waals surface area contributed by atoms with Crippen LogP contribution in [0.15, 0.2) is 58.1 Å². The number of nitrogens with one attached hydrogen (secondary N) is 1. The molecule has 10 heteroatoms. The van der Waals surface area contributed by atoms with E-state index in [1.54, 1.807) is 18.2 Å². The molecule has 0 bridgehead atoms. The minimum absolute atomic E-state index is 0.0540. The Hall–Kier alpha value is -3.56. The molecule has 0 spiro atoms. The quantitative estimate of drug-likeness (QED) is 0.493. The zero-order valence-corrected chi connectivity index (χ0v) is 19.1. The second kappa shape index (κ2) is 10.8. The Morgan fingerprint density at radius 2 is 1.91 bits per heavy atom. The molecule has 0 fully saturated rings. The Morgan fingerprint density at radius 3 is 2.58 bits per heavy atom. The highest BCUT2D eigenvalue weighted by Gasteiger charge is 2.25. The monoisotopic (exact) mass is 472 g/mol. The van der Waals surface area contributed by atoms with Crippen molar-refractivity contribution < 1.29 is 14.3 Å². The molecular weight excluding hydrogens is 448 g/mol. The number of halogens is 1. The Bertz CT molecular complexity index is 1240. The summed E-state index contributed by atoms with van der Waals surface area (Å²) in [5.74, 6) is -0.158. The van der Waals surface area contributed by atoms with Crippen LogP contribution in [0.2, 0.25) is 5.02 Å². The van der Waals surface area contributed by atoms with Crippen LogP contribution < -0.4 is 26.6 Å². The average molecular weight is 473 g/mol. The van der Waals surface area contributed by atoms with Gasteiger partial charge in [0.25, 0.3) is 11.5 Å². The third-order valence-corrected chi connectivity index (χ3v) is 5.21. The van der Waals surface area contributed by atoms with Crippen molar-refractivity contribution in [2.75, 3.05) is 31.0 Å². The summed E-state index contributed by atoms with van der Waals surface area (Å²) >= 11 is 5.98. The van der Waals surface area contributed by atoms with Crippen molar-refractivity contribution in [2.45, 2.75) is 20.0 Å². The topological polar surface area (TPSA) is 120 Å². The number of carbonyl (C=O) groups is 1. The number of nitrogen functional groups attached to an aromatic ring is 1. The Labute approximate surface area is 195 Å². The van der Waals surface area contributed by atoms with Crippen LogP contribution in [-0.4, -0.2) is 35.8 Å². The van der Waals surface area contributed by atoms with Gasteiger partial charge in [-0.25, -0.2) is 4.79 Å². The lowest BCUT2D eigenvalue weighted by molar-refractivity contribution is -0.120. The van der Waals surface area contributed by atoms with Crippen LogP contribution >= 0.6 is 11.6 Å². The first-order chi connectivity index (χ1) is 15.8. The molecule has 0 unspecified atom stereocenters. The lowest BCUT2D eigenvalue weighted by Gasteiger charge is -2.25. The van der Waals surface area contributed by atoms with E-state index in [-0.39, 0.29) is 37.8 Å². The number of rotatable bonds is 9. The van der Waals surface area contributed by atoms with Gasteiger partial charge in [0.05, 0.1) is 19.7 Å². The standard InChI is InChI=1S/C23H25ClN4O5/c1-15-12-17(24)8-9-18(15)33-14-19(29)28(13-16-6-4-3-5-7-16)20-21(25)27(10-11-32-2)23(31)26-22(20)30/h3-9,12H,10-11,13-14,25H2,1-2H3,(H,26,30,31). The molecule has 0 saturated carbocycles. The predicted octanol–water partition coefficient (Wildman–Crippen LogP) is 2.34. The molecule has 3 rings (SSSR count). The summed E-state index contributed by atoms with van der Waals surface area (Å²) in [7, 11) is 1.48. The van der Waals surface area contributed by atoms with Crippen LogP contribution in [0.4, 0.5) is 11.5 Å². The molecule has 9 nitrogen and oxygen atoms in total. The van der Waals surface area contributed by atoms with E-state index in [9.17, 15) is 14.4 Å². The molecule has 3 aromatic rings. The van der Waals surface area contributed by atoms with Gasteiger partial charge < -0.3 is 15.2 Å². The fraction of sp³-hybridized carbons (Fsp3) is 0.261. The zero-order valence-electron chi connectivity index (χ0n) is 18.3. The summed E-state index contributed by atoms with van der Waals surface area (Å²) in [6.07, 6.45) is 0. The summed E-state index contributed by atoms with van der Waals surface area (Å²) in [5, 5.41) is 0.550. The summed E-state index contributed by atoms with van der Waals surface area (Å²) < 4.78 is 11.9. The van der Waals surface area contributed by atoms with Gasteiger partial charge in [-0.05, 0) is 36.2 Å². The fourth-order valence-electron chi connectivity index (χ4n) is 3.29. The Morgan fingerprint density at radius 1 is 1.18 bits per heavy atom. The molecule has 2 aromatic carbocycles. The molecule has 174 valence electrons. The number of nitrogens with zero attached hydrogens (tertiary/aromatic N) is 2.